The largest absolute Gasteiger partial charge is 0.393 e. The van der Waals surface area contributed by atoms with Gasteiger partial charge in [-0.1, -0.05) is 48.0 Å². The van der Waals surface area contributed by atoms with Crippen molar-refractivity contribution < 1.29 is 9.90 Å². The number of halogens is 1. The summed E-state index contributed by atoms with van der Waals surface area (Å²) in [4.78, 5) is 15.1. The standard InChI is InChI=1S/C23H25ClN2O2/c1-15(27)10-11-26-21(25)14-23(22(26)28,18-8-9-18)19-6-2-4-16(12-19)17-5-3-7-20(24)13-17/h2-7,12-13,15,18,25,27H,8-11,14H2,1H3. The molecule has 146 valence electrons. The van der Waals surface area contributed by atoms with Gasteiger partial charge in [-0.25, -0.2) is 0 Å². The molecule has 0 bridgehead atoms. The van der Waals surface area contributed by atoms with Crippen molar-refractivity contribution in [3.8, 4) is 11.1 Å². The van der Waals surface area contributed by atoms with E-state index in [0.29, 0.717) is 30.2 Å². The molecule has 1 amide bonds. The van der Waals surface area contributed by atoms with Crippen LogP contribution in [0.5, 0.6) is 0 Å². The Morgan fingerprint density at radius 3 is 2.54 bits per heavy atom. The summed E-state index contributed by atoms with van der Waals surface area (Å²) in [6.07, 6.45) is 2.48. The molecule has 2 atom stereocenters. The Labute approximate surface area is 170 Å². The second-order valence-electron chi connectivity index (χ2n) is 8.05. The number of amidine groups is 1. The lowest BCUT2D eigenvalue weighted by Gasteiger charge is -2.28. The van der Waals surface area contributed by atoms with Crippen molar-refractivity contribution in [2.45, 2.75) is 44.1 Å². The third kappa shape index (κ3) is 3.36. The second-order valence-corrected chi connectivity index (χ2v) is 8.49. The van der Waals surface area contributed by atoms with Crippen molar-refractivity contribution in [1.29, 1.82) is 5.41 Å². The Morgan fingerprint density at radius 1 is 1.21 bits per heavy atom. The van der Waals surface area contributed by atoms with Crippen molar-refractivity contribution in [2.75, 3.05) is 6.54 Å². The van der Waals surface area contributed by atoms with E-state index in [1.807, 2.05) is 42.5 Å². The summed E-state index contributed by atoms with van der Waals surface area (Å²) in [6.45, 7) is 2.12. The smallest absolute Gasteiger partial charge is 0.239 e. The number of hydrogen-bond donors (Lipinski definition) is 2. The van der Waals surface area contributed by atoms with Crippen LogP contribution >= 0.6 is 11.6 Å². The van der Waals surface area contributed by atoms with E-state index in [1.165, 1.54) is 0 Å². The molecule has 2 aliphatic rings. The van der Waals surface area contributed by atoms with Gasteiger partial charge in [-0.3, -0.25) is 15.1 Å². The molecule has 5 heteroatoms. The monoisotopic (exact) mass is 396 g/mol. The first-order valence-electron chi connectivity index (χ1n) is 9.86. The summed E-state index contributed by atoms with van der Waals surface area (Å²) in [5.74, 6) is 0.668. The summed E-state index contributed by atoms with van der Waals surface area (Å²) in [5.41, 5.74) is 2.39. The normalized spacial score (nSPS) is 23.3. The Balaban J connectivity index is 1.72. The van der Waals surface area contributed by atoms with E-state index in [-0.39, 0.29) is 11.8 Å². The summed E-state index contributed by atoms with van der Waals surface area (Å²) >= 11 is 6.16. The van der Waals surface area contributed by atoms with E-state index in [2.05, 4.69) is 6.07 Å². The number of aliphatic hydroxyl groups is 1. The first kappa shape index (κ1) is 19.2. The molecule has 28 heavy (non-hydrogen) atoms. The lowest BCUT2D eigenvalue weighted by atomic mass is 9.74. The number of rotatable bonds is 6. The summed E-state index contributed by atoms with van der Waals surface area (Å²) in [7, 11) is 0. The van der Waals surface area contributed by atoms with Crippen LogP contribution in [0, 0.1) is 11.3 Å². The topological polar surface area (TPSA) is 64.4 Å². The fraction of sp³-hybridized carbons (Fsp3) is 0.391. The molecular formula is C23H25ClN2O2. The van der Waals surface area contributed by atoms with Gasteiger partial charge in [-0.2, -0.15) is 0 Å². The average Bonchev–Trinajstić information content (AvgIpc) is 3.48. The molecule has 2 fully saturated rings. The lowest BCUT2D eigenvalue weighted by molar-refractivity contribution is -0.131. The van der Waals surface area contributed by atoms with E-state index in [9.17, 15) is 9.90 Å². The Hall–Kier alpha value is -2.17. The maximum atomic E-state index is 13.5. The molecule has 2 N–H and O–H groups in total. The van der Waals surface area contributed by atoms with Gasteiger partial charge in [-0.15, -0.1) is 0 Å². The highest BCUT2D eigenvalue weighted by molar-refractivity contribution is 6.30. The minimum absolute atomic E-state index is 0.0175. The fourth-order valence-corrected chi connectivity index (χ4v) is 4.54. The van der Waals surface area contributed by atoms with Crippen molar-refractivity contribution in [1.82, 2.24) is 4.90 Å². The zero-order chi connectivity index (χ0) is 19.9. The second kappa shape index (κ2) is 7.34. The van der Waals surface area contributed by atoms with E-state index >= 15 is 0 Å². The zero-order valence-electron chi connectivity index (χ0n) is 16.0. The predicted octanol–water partition coefficient (Wildman–Crippen LogP) is 4.64. The molecular weight excluding hydrogens is 372 g/mol. The third-order valence-corrected chi connectivity index (χ3v) is 6.21. The van der Waals surface area contributed by atoms with Crippen LogP contribution in [0.4, 0.5) is 0 Å². The molecule has 0 aromatic heterocycles. The van der Waals surface area contributed by atoms with Gasteiger partial charge in [0.15, 0.2) is 0 Å². The molecule has 2 aromatic carbocycles. The first-order chi connectivity index (χ1) is 13.4. The molecule has 1 aliphatic heterocycles. The maximum absolute atomic E-state index is 13.5. The van der Waals surface area contributed by atoms with Crippen molar-refractivity contribution in [3.05, 3.63) is 59.1 Å². The molecule has 0 spiro atoms. The summed E-state index contributed by atoms with van der Waals surface area (Å²) in [6, 6.07) is 15.9. The molecule has 1 aliphatic carbocycles. The average molecular weight is 397 g/mol. The highest BCUT2D eigenvalue weighted by Gasteiger charge is 2.58. The van der Waals surface area contributed by atoms with Gasteiger partial charge in [0, 0.05) is 18.0 Å². The molecule has 4 rings (SSSR count). The fourth-order valence-electron chi connectivity index (χ4n) is 4.35. The van der Waals surface area contributed by atoms with Gasteiger partial charge in [-0.05, 0) is 60.9 Å². The minimum atomic E-state index is -0.648. The highest BCUT2D eigenvalue weighted by Crippen LogP contribution is 2.54. The zero-order valence-corrected chi connectivity index (χ0v) is 16.7. The van der Waals surface area contributed by atoms with Gasteiger partial charge >= 0.3 is 0 Å². The Bertz CT molecular complexity index is 922. The van der Waals surface area contributed by atoms with Crippen LogP contribution in [0.25, 0.3) is 11.1 Å². The quantitative estimate of drug-likeness (QED) is 0.747. The van der Waals surface area contributed by atoms with Gasteiger partial charge in [0.05, 0.1) is 11.5 Å². The number of carbonyl (C=O) groups is 1. The van der Waals surface area contributed by atoms with Crippen molar-refractivity contribution in [2.24, 2.45) is 5.92 Å². The molecule has 2 unspecified atom stereocenters. The molecule has 1 saturated carbocycles. The first-order valence-corrected chi connectivity index (χ1v) is 10.2. The van der Waals surface area contributed by atoms with Crippen LogP contribution < -0.4 is 0 Å². The molecule has 0 radical (unpaired) electrons. The molecule has 1 saturated heterocycles. The van der Waals surface area contributed by atoms with Gasteiger partial charge in [0.1, 0.15) is 5.84 Å². The van der Waals surface area contributed by atoms with Gasteiger partial charge in [0.25, 0.3) is 0 Å². The number of carbonyl (C=O) groups excluding carboxylic acids is 1. The van der Waals surface area contributed by atoms with E-state index in [0.717, 1.165) is 29.5 Å². The molecule has 1 heterocycles. The lowest BCUT2D eigenvalue weighted by Crippen LogP contribution is -2.41. The predicted molar refractivity (Wildman–Crippen MR) is 112 cm³/mol. The Kier molecular flexibility index (Phi) is 5.02. The highest BCUT2D eigenvalue weighted by atomic mass is 35.5. The number of benzene rings is 2. The van der Waals surface area contributed by atoms with Crippen molar-refractivity contribution >= 4 is 23.3 Å². The van der Waals surface area contributed by atoms with E-state index in [1.54, 1.807) is 11.8 Å². The number of aliphatic hydroxyl groups excluding tert-OH is 1. The van der Waals surface area contributed by atoms with Crippen LogP contribution in [-0.4, -0.2) is 34.4 Å². The van der Waals surface area contributed by atoms with E-state index in [4.69, 9.17) is 17.0 Å². The van der Waals surface area contributed by atoms with Gasteiger partial charge in [0.2, 0.25) is 5.91 Å². The van der Waals surface area contributed by atoms with Crippen LogP contribution in [0.1, 0.15) is 38.2 Å². The number of nitrogens with one attached hydrogen (secondary N) is 1. The molecule has 2 aromatic rings. The summed E-state index contributed by atoms with van der Waals surface area (Å²) < 4.78 is 0. The SMILES string of the molecule is CC(O)CCN1C(=N)CC(c2cccc(-c3cccc(Cl)c3)c2)(C2CC2)C1=O. The minimum Gasteiger partial charge on any atom is -0.393 e. The Morgan fingerprint density at radius 2 is 1.89 bits per heavy atom. The number of likely N-dealkylation sites (tertiary alicyclic amines) is 1. The maximum Gasteiger partial charge on any atom is 0.239 e. The van der Waals surface area contributed by atoms with Crippen LogP contribution in [0.3, 0.4) is 0 Å². The van der Waals surface area contributed by atoms with E-state index < -0.39 is 11.5 Å². The van der Waals surface area contributed by atoms with Crippen LogP contribution in [0.15, 0.2) is 48.5 Å². The van der Waals surface area contributed by atoms with Gasteiger partial charge < -0.3 is 5.11 Å². The third-order valence-electron chi connectivity index (χ3n) is 5.98. The van der Waals surface area contributed by atoms with Crippen LogP contribution in [-0.2, 0) is 10.2 Å². The number of amides is 1. The molecule has 4 nitrogen and oxygen atoms in total. The van der Waals surface area contributed by atoms with Crippen molar-refractivity contribution in [3.63, 3.8) is 0 Å². The number of hydrogen-bond acceptors (Lipinski definition) is 3. The van der Waals surface area contributed by atoms with Crippen LogP contribution in [0.2, 0.25) is 5.02 Å². The summed E-state index contributed by atoms with van der Waals surface area (Å²) in [5, 5.41) is 18.8. The number of nitrogens with zero attached hydrogens (tertiary/aromatic N) is 1.